The van der Waals surface area contributed by atoms with Crippen LogP contribution < -0.4 is 5.32 Å². The van der Waals surface area contributed by atoms with Gasteiger partial charge in [-0.2, -0.15) is 0 Å². The average Bonchev–Trinajstić information content (AvgIpc) is 3.53. The molecule has 168 valence electrons. The molecule has 9 heteroatoms. The van der Waals surface area contributed by atoms with Crippen molar-refractivity contribution in [2.45, 2.75) is 12.8 Å². The van der Waals surface area contributed by atoms with Gasteiger partial charge in [0, 0.05) is 29.5 Å². The molecule has 0 fully saturated rings. The minimum atomic E-state index is -0.239. The molecule has 0 saturated carbocycles. The quantitative estimate of drug-likeness (QED) is 0.322. The van der Waals surface area contributed by atoms with Gasteiger partial charge in [0.05, 0.1) is 6.26 Å². The number of halogens is 1. The van der Waals surface area contributed by atoms with E-state index >= 15 is 0 Å². The fraction of sp³-hybridized carbons (Fsp3) is 0.167. The van der Waals surface area contributed by atoms with Gasteiger partial charge in [-0.05, 0) is 36.2 Å². The Morgan fingerprint density at radius 1 is 0.970 bits per heavy atom. The number of aromatic nitrogens is 2. The maximum absolute atomic E-state index is 12.9. The smallest absolute Gasteiger partial charge is 0.289 e. The number of benzene rings is 2. The van der Waals surface area contributed by atoms with Crippen molar-refractivity contribution >= 4 is 44.2 Å². The molecular formula is C24H21BrN4O3S. The van der Waals surface area contributed by atoms with E-state index in [2.05, 4.69) is 31.4 Å². The van der Waals surface area contributed by atoms with Crippen LogP contribution in [0.5, 0.6) is 0 Å². The first-order valence-corrected chi connectivity index (χ1v) is 12.0. The van der Waals surface area contributed by atoms with Crippen LogP contribution in [0.4, 0.5) is 5.13 Å². The molecule has 0 radical (unpaired) electrons. The zero-order valence-electron chi connectivity index (χ0n) is 17.6. The summed E-state index contributed by atoms with van der Waals surface area (Å²) in [4.78, 5) is 27.0. The Labute approximate surface area is 203 Å². The van der Waals surface area contributed by atoms with E-state index in [4.69, 9.17) is 4.42 Å². The second kappa shape index (κ2) is 11.0. The molecule has 0 spiro atoms. The lowest BCUT2D eigenvalue weighted by Gasteiger charge is -2.21. The number of nitrogens with one attached hydrogen (secondary N) is 1. The van der Waals surface area contributed by atoms with Crippen molar-refractivity contribution in [2.24, 2.45) is 0 Å². The van der Waals surface area contributed by atoms with Crippen LogP contribution in [-0.4, -0.2) is 40.0 Å². The SMILES string of the molecule is O=C(CCN(CCc1ccccc1)C(=O)c1ccco1)Nc1nnc(-c2ccc(Br)cc2)s1. The van der Waals surface area contributed by atoms with Crippen molar-refractivity contribution in [2.75, 3.05) is 18.4 Å². The number of hydrogen-bond acceptors (Lipinski definition) is 6. The molecule has 0 bridgehead atoms. The maximum atomic E-state index is 12.9. The molecular weight excluding hydrogens is 504 g/mol. The van der Waals surface area contributed by atoms with Gasteiger partial charge < -0.3 is 14.6 Å². The third-order valence-corrected chi connectivity index (χ3v) is 6.32. The summed E-state index contributed by atoms with van der Waals surface area (Å²) < 4.78 is 6.25. The van der Waals surface area contributed by atoms with Crippen LogP contribution in [0, 0.1) is 0 Å². The van der Waals surface area contributed by atoms with Gasteiger partial charge in [-0.3, -0.25) is 9.59 Å². The van der Waals surface area contributed by atoms with Crippen molar-refractivity contribution in [1.29, 1.82) is 0 Å². The number of carbonyl (C=O) groups is 2. The van der Waals surface area contributed by atoms with Gasteiger partial charge in [-0.1, -0.05) is 69.7 Å². The monoisotopic (exact) mass is 524 g/mol. The lowest BCUT2D eigenvalue weighted by Crippen LogP contribution is -2.35. The summed E-state index contributed by atoms with van der Waals surface area (Å²) in [6, 6.07) is 20.9. The van der Waals surface area contributed by atoms with E-state index in [1.807, 2.05) is 54.6 Å². The van der Waals surface area contributed by atoms with Gasteiger partial charge in [0.25, 0.3) is 5.91 Å². The number of furan rings is 1. The number of amides is 2. The van der Waals surface area contributed by atoms with Crippen LogP contribution in [0.2, 0.25) is 0 Å². The molecule has 4 aromatic rings. The van der Waals surface area contributed by atoms with Gasteiger partial charge in [-0.25, -0.2) is 0 Å². The highest BCUT2D eigenvalue weighted by Gasteiger charge is 2.19. The number of nitrogens with zero attached hydrogens (tertiary/aromatic N) is 3. The second-order valence-corrected chi connectivity index (χ2v) is 9.12. The zero-order chi connectivity index (χ0) is 23.0. The Morgan fingerprint density at radius 3 is 2.48 bits per heavy atom. The standard InChI is InChI=1S/C24H21BrN4O3S/c25-19-10-8-18(9-11-19)22-27-28-24(33-22)26-21(30)13-15-29(23(31)20-7-4-16-32-20)14-12-17-5-2-1-3-6-17/h1-11,16H,12-15H2,(H,26,28,30). The number of anilines is 1. The minimum absolute atomic E-state index is 0.133. The molecule has 0 aliphatic heterocycles. The predicted molar refractivity (Wildman–Crippen MR) is 131 cm³/mol. The summed E-state index contributed by atoms with van der Waals surface area (Å²) in [6.07, 6.45) is 2.28. The van der Waals surface area contributed by atoms with E-state index in [9.17, 15) is 9.59 Å². The third kappa shape index (κ3) is 6.36. The van der Waals surface area contributed by atoms with Gasteiger partial charge in [0.15, 0.2) is 5.76 Å². The first kappa shape index (κ1) is 22.9. The van der Waals surface area contributed by atoms with Crippen LogP contribution in [0.25, 0.3) is 10.6 Å². The summed E-state index contributed by atoms with van der Waals surface area (Å²) >= 11 is 4.71. The molecule has 4 rings (SSSR count). The van der Waals surface area contributed by atoms with Crippen molar-refractivity contribution in [3.05, 3.63) is 88.8 Å². The van der Waals surface area contributed by atoms with Gasteiger partial charge in [0.1, 0.15) is 5.01 Å². The molecule has 2 heterocycles. The molecule has 0 atom stereocenters. The zero-order valence-corrected chi connectivity index (χ0v) is 20.0. The molecule has 0 aliphatic rings. The molecule has 2 aromatic heterocycles. The Bertz CT molecular complexity index is 1190. The van der Waals surface area contributed by atoms with Crippen LogP contribution in [0.15, 0.2) is 81.9 Å². The second-order valence-electron chi connectivity index (χ2n) is 7.22. The topological polar surface area (TPSA) is 88.3 Å². The largest absolute Gasteiger partial charge is 0.459 e. The highest BCUT2D eigenvalue weighted by Crippen LogP contribution is 2.27. The van der Waals surface area contributed by atoms with Crippen molar-refractivity contribution in [3.63, 3.8) is 0 Å². The van der Waals surface area contributed by atoms with E-state index in [0.29, 0.717) is 18.1 Å². The van der Waals surface area contributed by atoms with Gasteiger partial charge in [0.2, 0.25) is 11.0 Å². The minimum Gasteiger partial charge on any atom is -0.459 e. The Morgan fingerprint density at radius 2 is 1.76 bits per heavy atom. The number of hydrogen-bond donors (Lipinski definition) is 1. The number of carbonyl (C=O) groups excluding carboxylic acids is 2. The normalized spacial score (nSPS) is 10.7. The van der Waals surface area contributed by atoms with Crippen LogP contribution in [0.1, 0.15) is 22.5 Å². The molecule has 0 saturated heterocycles. The maximum Gasteiger partial charge on any atom is 0.289 e. The molecule has 7 nitrogen and oxygen atoms in total. The molecule has 33 heavy (non-hydrogen) atoms. The van der Waals surface area contributed by atoms with Gasteiger partial charge in [-0.15, -0.1) is 10.2 Å². The highest BCUT2D eigenvalue weighted by molar-refractivity contribution is 9.10. The summed E-state index contributed by atoms with van der Waals surface area (Å²) in [6.45, 7) is 0.736. The van der Waals surface area contributed by atoms with Gasteiger partial charge >= 0.3 is 0 Å². The summed E-state index contributed by atoms with van der Waals surface area (Å²) in [7, 11) is 0. The molecule has 1 N–H and O–H groups in total. The summed E-state index contributed by atoms with van der Waals surface area (Å²) in [5, 5.41) is 12.1. The van der Waals surface area contributed by atoms with E-state index in [-0.39, 0.29) is 30.5 Å². The lowest BCUT2D eigenvalue weighted by atomic mass is 10.1. The fourth-order valence-corrected chi connectivity index (χ4v) is 4.21. The van der Waals surface area contributed by atoms with E-state index < -0.39 is 0 Å². The van der Waals surface area contributed by atoms with E-state index in [1.165, 1.54) is 17.6 Å². The van der Waals surface area contributed by atoms with E-state index in [0.717, 1.165) is 20.6 Å². The Kier molecular flexibility index (Phi) is 7.64. The predicted octanol–water partition coefficient (Wildman–Crippen LogP) is 5.27. The fourth-order valence-electron chi connectivity index (χ4n) is 3.18. The molecule has 0 unspecified atom stereocenters. The Balaban J connectivity index is 1.36. The summed E-state index contributed by atoms with van der Waals surface area (Å²) in [5.41, 5.74) is 2.04. The van der Waals surface area contributed by atoms with Crippen molar-refractivity contribution in [3.8, 4) is 10.6 Å². The molecule has 2 amide bonds. The first-order valence-electron chi connectivity index (χ1n) is 10.3. The molecule has 2 aromatic carbocycles. The summed E-state index contributed by atoms with van der Waals surface area (Å²) in [5.74, 6) is -0.214. The van der Waals surface area contributed by atoms with Crippen LogP contribution in [0.3, 0.4) is 0 Å². The van der Waals surface area contributed by atoms with E-state index in [1.54, 1.807) is 17.0 Å². The van der Waals surface area contributed by atoms with Crippen molar-refractivity contribution in [1.82, 2.24) is 15.1 Å². The third-order valence-electron chi connectivity index (χ3n) is 4.90. The number of rotatable bonds is 9. The van der Waals surface area contributed by atoms with Crippen LogP contribution in [-0.2, 0) is 11.2 Å². The van der Waals surface area contributed by atoms with Crippen LogP contribution >= 0.6 is 27.3 Å². The molecule has 0 aliphatic carbocycles. The lowest BCUT2D eigenvalue weighted by molar-refractivity contribution is -0.116. The Hall–Kier alpha value is -3.30. The highest BCUT2D eigenvalue weighted by atomic mass is 79.9. The average molecular weight is 525 g/mol. The first-order chi connectivity index (χ1) is 16.1. The van der Waals surface area contributed by atoms with Crippen molar-refractivity contribution < 1.29 is 14.0 Å².